The van der Waals surface area contributed by atoms with Crippen LogP contribution in [0.2, 0.25) is 0 Å². The van der Waals surface area contributed by atoms with Crippen LogP contribution in [-0.4, -0.2) is 22.0 Å². The second-order valence-corrected chi connectivity index (χ2v) is 4.65. The van der Waals surface area contributed by atoms with E-state index in [2.05, 4.69) is 4.98 Å². The van der Waals surface area contributed by atoms with Crippen LogP contribution in [0.3, 0.4) is 0 Å². The van der Waals surface area contributed by atoms with Crippen LogP contribution >= 0.6 is 0 Å². The van der Waals surface area contributed by atoms with Crippen LogP contribution < -0.4 is 0 Å². The molecule has 0 saturated carbocycles. The largest absolute Gasteiger partial charge is 0.478 e. The summed E-state index contributed by atoms with van der Waals surface area (Å²) in [6.07, 6.45) is -0.239. The van der Waals surface area contributed by atoms with Gasteiger partial charge >= 0.3 is 5.97 Å². The summed E-state index contributed by atoms with van der Waals surface area (Å²) in [7, 11) is 0. The first kappa shape index (κ1) is 11.2. The van der Waals surface area contributed by atoms with E-state index in [0.29, 0.717) is 16.5 Å². The number of aromatic nitrogens is 1. The predicted molar refractivity (Wildman–Crippen MR) is 62.2 cm³/mol. The SMILES string of the molecule is O=C(O)c1cccc2c3c([nH]c12)CCC(F)(F)C3. The fourth-order valence-electron chi connectivity index (χ4n) is 2.58. The maximum atomic E-state index is 13.4. The number of hydrogen-bond acceptors (Lipinski definition) is 1. The molecule has 0 amide bonds. The summed E-state index contributed by atoms with van der Waals surface area (Å²) in [6, 6.07) is 4.76. The van der Waals surface area contributed by atoms with E-state index in [1.807, 2.05) is 0 Å². The van der Waals surface area contributed by atoms with Crippen molar-refractivity contribution in [3.63, 3.8) is 0 Å². The van der Waals surface area contributed by atoms with Gasteiger partial charge in [0, 0.05) is 23.9 Å². The summed E-state index contributed by atoms with van der Waals surface area (Å²) >= 11 is 0. The van der Waals surface area contributed by atoms with Crippen molar-refractivity contribution in [1.82, 2.24) is 4.98 Å². The van der Waals surface area contributed by atoms with Crippen molar-refractivity contribution in [2.75, 3.05) is 0 Å². The molecule has 18 heavy (non-hydrogen) atoms. The first-order valence-electron chi connectivity index (χ1n) is 5.71. The molecule has 5 heteroatoms. The van der Waals surface area contributed by atoms with Crippen LogP contribution in [0.15, 0.2) is 18.2 Å². The lowest BCUT2D eigenvalue weighted by atomic mass is 9.92. The number of H-pyrrole nitrogens is 1. The molecule has 94 valence electrons. The van der Waals surface area contributed by atoms with E-state index in [1.54, 1.807) is 12.1 Å². The molecule has 1 aliphatic rings. The fourth-order valence-corrected chi connectivity index (χ4v) is 2.58. The van der Waals surface area contributed by atoms with Crippen molar-refractivity contribution >= 4 is 16.9 Å². The normalized spacial score (nSPS) is 17.7. The molecule has 0 saturated heterocycles. The summed E-state index contributed by atoms with van der Waals surface area (Å²) in [5, 5.41) is 9.68. The van der Waals surface area contributed by atoms with Crippen LogP contribution in [0, 0.1) is 0 Å². The van der Waals surface area contributed by atoms with Crippen molar-refractivity contribution in [1.29, 1.82) is 0 Å². The number of halogens is 2. The molecule has 3 nitrogen and oxygen atoms in total. The number of rotatable bonds is 1. The molecular formula is C13H11F2NO2. The third-order valence-electron chi connectivity index (χ3n) is 3.44. The number of benzene rings is 1. The molecule has 1 aromatic heterocycles. The van der Waals surface area contributed by atoms with Gasteiger partial charge in [-0.2, -0.15) is 0 Å². The van der Waals surface area contributed by atoms with Crippen LogP contribution in [0.25, 0.3) is 10.9 Å². The first-order chi connectivity index (χ1) is 8.48. The molecule has 3 rings (SSSR count). The van der Waals surface area contributed by atoms with Crippen molar-refractivity contribution in [2.24, 2.45) is 0 Å². The summed E-state index contributed by atoms with van der Waals surface area (Å²) in [5.41, 5.74) is 1.88. The maximum Gasteiger partial charge on any atom is 0.337 e. The molecule has 0 atom stereocenters. The van der Waals surface area contributed by atoms with Gasteiger partial charge in [0.15, 0.2) is 0 Å². The maximum absolute atomic E-state index is 13.4. The number of aromatic amines is 1. The van der Waals surface area contributed by atoms with Crippen LogP contribution in [-0.2, 0) is 12.8 Å². The molecule has 1 heterocycles. The van der Waals surface area contributed by atoms with Crippen LogP contribution in [0.5, 0.6) is 0 Å². The molecular weight excluding hydrogens is 240 g/mol. The highest BCUT2D eigenvalue weighted by atomic mass is 19.3. The van der Waals surface area contributed by atoms with Gasteiger partial charge in [-0.15, -0.1) is 0 Å². The monoisotopic (exact) mass is 251 g/mol. The fraction of sp³-hybridized carbons (Fsp3) is 0.308. The van der Waals surface area contributed by atoms with E-state index in [-0.39, 0.29) is 24.8 Å². The molecule has 0 spiro atoms. The van der Waals surface area contributed by atoms with Gasteiger partial charge in [0.25, 0.3) is 5.92 Å². The van der Waals surface area contributed by atoms with Gasteiger partial charge in [-0.25, -0.2) is 13.6 Å². The minimum Gasteiger partial charge on any atom is -0.478 e. The van der Waals surface area contributed by atoms with Gasteiger partial charge in [0.05, 0.1) is 11.1 Å². The summed E-state index contributed by atoms with van der Waals surface area (Å²) in [4.78, 5) is 14.1. The minimum absolute atomic E-state index is 0.130. The highest BCUT2D eigenvalue weighted by molar-refractivity contribution is 6.03. The summed E-state index contributed by atoms with van der Waals surface area (Å²) in [5.74, 6) is -3.74. The van der Waals surface area contributed by atoms with E-state index in [1.165, 1.54) is 6.07 Å². The topological polar surface area (TPSA) is 53.1 Å². The van der Waals surface area contributed by atoms with Crippen molar-refractivity contribution in [3.8, 4) is 0 Å². The number of para-hydroxylation sites is 1. The Bertz CT molecular complexity index is 646. The Morgan fingerprint density at radius 2 is 2.17 bits per heavy atom. The smallest absolute Gasteiger partial charge is 0.337 e. The quantitative estimate of drug-likeness (QED) is 0.818. The Morgan fingerprint density at radius 1 is 1.39 bits per heavy atom. The van der Waals surface area contributed by atoms with Gasteiger partial charge in [0.1, 0.15) is 0 Å². The molecule has 2 N–H and O–H groups in total. The zero-order chi connectivity index (χ0) is 12.9. The Labute approximate surface area is 101 Å². The number of alkyl halides is 2. The standard InChI is InChI=1S/C13H11F2NO2/c14-13(15)5-4-10-9(6-13)7-2-1-3-8(12(17)18)11(7)16-10/h1-3,16H,4-6H2,(H,17,18). The van der Waals surface area contributed by atoms with Crippen molar-refractivity contribution in [2.45, 2.75) is 25.2 Å². The molecule has 0 radical (unpaired) electrons. The summed E-state index contributed by atoms with van der Waals surface area (Å²) in [6.45, 7) is 0. The molecule has 2 aromatic rings. The van der Waals surface area contributed by atoms with E-state index >= 15 is 0 Å². The van der Waals surface area contributed by atoms with Gasteiger partial charge < -0.3 is 10.1 Å². The average Bonchev–Trinajstić information content (AvgIpc) is 2.65. The minimum atomic E-state index is -2.69. The van der Waals surface area contributed by atoms with Gasteiger partial charge in [-0.3, -0.25) is 0 Å². The Kier molecular flexibility index (Phi) is 2.20. The second kappa shape index (κ2) is 3.54. The number of nitrogens with one attached hydrogen (secondary N) is 1. The van der Waals surface area contributed by atoms with Crippen LogP contribution in [0.1, 0.15) is 28.0 Å². The Hall–Kier alpha value is -1.91. The van der Waals surface area contributed by atoms with E-state index in [4.69, 9.17) is 5.11 Å². The summed E-state index contributed by atoms with van der Waals surface area (Å²) < 4.78 is 26.8. The number of carboxylic acids is 1. The first-order valence-corrected chi connectivity index (χ1v) is 5.71. The van der Waals surface area contributed by atoms with Gasteiger partial charge in [0.2, 0.25) is 0 Å². The Morgan fingerprint density at radius 3 is 2.89 bits per heavy atom. The molecule has 0 fully saturated rings. The zero-order valence-electron chi connectivity index (χ0n) is 9.46. The van der Waals surface area contributed by atoms with Crippen LogP contribution in [0.4, 0.5) is 8.78 Å². The molecule has 0 bridgehead atoms. The molecule has 0 unspecified atom stereocenters. The van der Waals surface area contributed by atoms with Gasteiger partial charge in [-0.1, -0.05) is 12.1 Å². The highest BCUT2D eigenvalue weighted by Crippen LogP contribution is 2.37. The third kappa shape index (κ3) is 1.58. The lowest BCUT2D eigenvalue weighted by molar-refractivity contribution is -0.0121. The number of carbonyl (C=O) groups is 1. The lowest BCUT2D eigenvalue weighted by Crippen LogP contribution is -2.25. The molecule has 0 aliphatic heterocycles. The second-order valence-electron chi connectivity index (χ2n) is 4.65. The van der Waals surface area contributed by atoms with E-state index < -0.39 is 11.9 Å². The number of fused-ring (bicyclic) bond motifs is 3. The van der Waals surface area contributed by atoms with Crippen molar-refractivity contribution < 1.29 is 18.7 Å². The number of aryl methyl sites for hydroxylation is 1. The van der Waals surface area contributed by atoms with Crippen molar-refractivity contribution in [3.05, 3.63) is 35.0 Å². The van der Waals surface area contributed by atoms with Gasteiger partial charge in [-0.05, 0) is 18.1 Å². The number of aromatic carboxylic acids is 1. The average molecular weight is 251 g/mol. The predicted octanol–water partition coefficient (Wildman–Crippen LogP) is 2.99. The van der Waals surface area contributed by atoms with E-state index in [9.17, 15) is 13.6 Å². The number of hydrogen-bond donors (Lipinski definition) is 2. The molecule has 1 aliphatic carbocycles. The molecule has 1 aromatic carbocycles. The van der Waals surface area contributed by atoms with E-state index in [0.717, 1.165) is 5.69 Å². The third-order valence-corrected chi connectivity index (χ3v) is 3.44. The highest BCUT2D eigenvalue weighted by Gasteiger charge is 2.36. The number of carboxylic acid groups (broad SMARTS) is 1. The lowest BCUT2D eigenvalue weighted by Gasteiger charge is -2.21. The Balaban J connectivity index is 2.26. The zero-order valence-corrected chi connectivity index (χ0v) is 9.46.